The number of fused-ring (bicyclic) bond motifs is 1. The summed E-state index contributed by atoms with van der Waals surface area (Å²) < 4.78 is 5.56. The second kappa shape index (κ2) is 5.88. The fraction of sp³-hybridized carbons (Fsp3) is 0.533. The first-order valence-corrected chi connectivity index (χ1v) is 7.50. The van der Waals surface area contributed by atoms with Crippen LogP contribution in [0.1, 0.15) is 30.4 Å². The zero-order valence-electron chi connectivity index (χ0n) is 11.1. The van der Waals surface area contributed by atoms with E-state index in [2.05, 4.69) is 28.8 Å². The number of nitrogens with one attached hydrogen (secondary N) is 2. The van der Waals surface area contributed by atoms with Crippen LogP contribution in [0.4, 0.5) is 5.69 Å². The van der Waals surface area contributed by atoms with Gasteiger partial charge in [0.05, 0.1) is 6.10 Å². The minimum absolute atomic E-state index is 0.319. The smallest absolute Gasteiger partial charge is 0.170 e. The third-order valence-corrected chi connectivity index (χ3v) is 4.12. The summed E-state index contributed by atoms with van der Waals surface area (Å²) in [5.74, 6) is 0. The number of ether oxygens (including phenoxy) is 1. The van der Waals surface area contributed by atoms with Crippen molar-refractivity contribution in [2.75, 3.05) is 18.5 Å². The largest absolute Gasteiger partial charge is 0.376 e. The Morgan fingerprint density at radius 2 is 2.16 bits per heavy atom. The van der Waals surface area contributed by atoms with Crippen molar-refractivity contribution in [1.29, 1.82) is 0 Å². The Morgan fingerprint density at radius 3 is 3.00 bits per heavy atom. The molecule has 0 spiro atoms. The average Bonchev–Trinajstić information content (AvgIpc) is 3.07. The van der Waals surface area contributed by atoms with E-state index < -0.39 is 0 Å². The van der Waals surface area contributed by atoms with Crippen molar-refractivity contribution >= 4 is 23.0 Å². The Bertz CT molecular complexity index is 469. The standard InChI is InChI=1S/C15H20N2OS/c19-15(16-10-14-5-2-8-18-14)17-13-7-6-11-3-1-4-12(11)9-13/h6-7,9,14H,1-5,8,10H2,(H2,16,17,19)/t14-/m0/s1. The fourth-order valence-corrected chi connectivity index (χ4v) is 3.04. The molecule has 0 amide bonds. The van der Waals surface area contributed by atoms with Gasteiger partial charge in [-0.25, -0.2) is 0 Å². The van der Waals surface area contributed by atoms with Crippen LogP contribution >= 0.6 is 12.2 Å². The summed E-state index contributed by atoms with van der Waals surface area (Å²) in [5.41, 5.74) is 4.04. The fourth-order valence-electron chi connectivity index (χ4n) is 2.84. The van der Waals surface area contributed by atoms with E-state index in [4.69, 9.17) is 17.0 Å². The summed E-state index contributed by atoms with van der Waals surface area (Å²) in [6, 6.07) is 6.56. The first kappa shape index (κ1) is 12.9. The monoisotopic (exact) mass is 276 g/mol. The summed E-state index contributed by atoms with van der Waals surface area (Å²) in [7, 11) is 0. The van der Waals surface area contributed by atoms with Crippen LogP contribution < -0.4 is 10.6 Å². The van der Waals surface area contributed by atoms with Gasteiger partial charge in [0.1, 0.15) is 0 Å². The lowest BCUT2D eigenvalue weighted by atomic mass is 10.1. The van der Waals surface area contributed by atoms with E-state index in [1.807, 2.05) is 0 Å². The number of thiocarbonyl (C=S) groups is 1. The van der Waals surface area contributed by atoms with Crippen LogP contribution in [0.25, 0.3) is 0 Å². The van der Waals surface area contributed by atoms with Gasteiger partial charge in [-0.2, -0.15) is 0 Å². The number of hydrogen-bond acceptors (Lipinski definition) is 2. The van der Waals surface area contributed by atoms with E-state index >= 15 is 0 Å². The van der Waals surface area contributed by atoms with E-state index in [1.54, 1.807) is 0 Å². The zero-order valence-corrected chi connectivity index (χ0v) is 11.9. The van der Waals surface area contributed by atoms with Gasteiger partial charge in [0.15, 0.2) is 5.11 Å². The van der Waals surface area contributed by atoms with Crippen molar-refractivity contribution in [3.63, 3.8) is 0 Å². The molecule has 1 aliphatic heterocycles. The van der Waals surface area contributed by atoms with E-state index in [0.717, 1.165) is 31.7 Å². The second-order valence-corrected chi connectivity index (χ2v) is 5.72. The van der Waals surface area contributed by atoms with Crippen molar-refractivity contribution in [3.05, 3.63) is 29.3 Å². The number of benzene rings is 1. The summed E-state index contributed by atoms with van der Waals surface area (Å²) in [4.78, 5) is 0. The summed E-state index contributed by atoms with van der Waals surface area (Å²) in [6.07, 6.45) is 6.31. The molecule has 1 fully saturated rings. The summed E-state index contributed by atoms with van der Waals surface area (Å²) in [6.45, 7) is 1.69. The number of aryl methyl sites for hydroxylation is 2. The molecule has 0 saturated carbocycles. The van der Waals surface area contributed by atoms with Crippen LogP contribution in [0, 0.1) is 0 Å². The number of anilines is 1. The quantitative estimate of drug-likeness (QED) is 0.832. The Balaban J connectivity index is 1.51. The van der Waals surface area contributed by atoms with Gasteiger partial charge in [0.25, 0.3) is 0 Å². The zero-order chi connectivity index (χ0) is 13.1. The maximum atomic E-state index is 5.56. The molecule has 0 radical (unpaired) electrons. The lowest BCUT2D eigenvalue weighted by molar-refractivity contribution is 0.114. The molecule has 0 unspecified atom stereocenters. The van der Waals surface area contributed by atoms with Crippen LogP contribution in [0.5, 0.6) is 0 Å². The van der Waals surface area contributed by atoms with Gasteiger partial charge in [0.2, 0.25) is 0 Å². The van der Waals surface area contributed by atoms with Gasteiger partial charge in [-0.05, 0) is 67.6 Å². The first-order chi connectivity index (χ1) is 9.31. The molecular weight excluding hydrogens is 256 g/mol. The van der Waals surface area contributed by atoms with Gasteiger partial charge in [-0.15, -0.1) is 0 Å². The molecule has 2 aliphatic rings. The molecule has 0 aromatic heterocycles. The van der Waals surface area contributed by atoms with E-state index in [9.17, 15) is 0 Å². The average molecular weight is 276 g/mol. The molecule has 3 rings (SSSR count). The van der Waals surface area contributed by atoms with Crippen LogP contribution in [-0.2, 0) is 17.6 Å². The van der Waals surface area contributed by atoms with Crippen LogP contribution in [0.15, 0.2) is 18.2 Å². The Kier molecular flexibility index (Phi) is 3.99. The van der Waals surface area contributed by atoms with Crippen molar-refractivity contribution in [2.45, 2.75) is 38.2 Å². The highest BCUT2D eigenvalue weighted by atomic mass is 32.1. The molecule has 1 aromatic rings. The van der Waals surface area contributed by atoms with Gasteiger partial charge in [-0.1, -0.05) is 6.07 Å². The van der Waals surface area contributed by atoms with Crippen LogP contribution in [0.3, 0.4) is 0 Å². The molecule has 3 nitrogen and oxygen atoms in total. The summed E-state index contributed by atoms with van der Waals surface area (Å²) >= 11 is 5.32. The number of rotatable bonds is 3. The molecule has 1 aromatic carbocycles. The highest BCUT2D eigenvalue weighted by molar-refractivity contribution is 7.80. The molecule has 1 aliphatic carbocycles. The highest BCUT2D eigenvalue weighted by Gasteiger charge is 2.15. The highest BCUT2D eigenvalue weighted by Crippen LogP contribution is 2.24. The van der Waals surface area contributed by atoms with E-state index in [1.165, 1.54) is 30.4 Å². The third-order valence-electron chi connectivity index (χ3n) is 3.87. The molecule has 19 heavy (non-hydrogen) atoms. The minimum atomic E-state index is 0.319. The molecule has 1 atom stereocenters. The molecule has 0 bridgehead atoms. The molecule has 4 heteroatoms. The molecule has 2 N–H and O–H groups in total. The van der Waals surface area contributed by atoms with E-state index in [-0.39, 0.29) is 0 Å². The molecule has 1 heterocycles. The molecular formula is C15H20N2OS. The predicted octanol–water partition coefficient (Wildman–Crippen LogP) is 2.64. The first-order valence-electron chi connectivity index (χ1n) is 7.09. The lowest BCUT2D eigenvalue weighted by Gasteiger charge is -2.14. The maximum Gasteiger partial charge on any atom is 0.170 e. The third kappa shape index (κ3) is 3.25. The van der Waals surface area contributed by atoms with Crippen molar-refractivity contribution in [1.82, 2.24) is 5.32 Å². The Morgan fingerprint density at radius 1 is 1.26 bits per heavy atom. The Labute approximate surface area is 119 Å². The van der Waals surface area contributed by atoms with E-state index in [0.29, 0.717) is 11.2 Å². The minimum Gasteiger partial charge on any atom is -0.376 e. The maximum absolute atomic E-state index is 5.56. The van der Waals surface area contributed by atoms with Gasteiger partial charge in [0, 0.05) is 18.8 Å². The van der Waals surface area contributed by atoms with Crippen molar-refractivity contribution in [2.24, 2.45) is 0 Å². The van der Waals surface area contributed by atoms with Gasteiger partial charge in [-0.3, -0.25) is 0 Å². The van der Waals surface area contributed by atoms with Crippen molar-refractivity contribution < 1.29 is 4.74 Å². The lowest BCUT2D eigenvalue weighted by Crippen LogP contribution is -2.34. The molecule has 1 saturated heterocycles. The molecule has 102 valence electrons. The topological polar surface area (TPSA) is 33.3 Å². The number of hydrogen-bond donors (Lipinski definition) is 2. The van der Waals surface area contributed by atoms with Crippen molar-refractivity contribution in [3.8, 4) is 0 Å². The van der Waals surface area contributed by atoms with Gasteiger partial charge >= 0.3 is 0 Å². The van der Waals surface area contributed by atoms with Crippen LogP contribution in [-0.4, -0.2) is 24.4 Å². The summed E-state index contributed by atoms with van der Waals surface area (Å²) in [5, 5.41) is 7.18. The predicted molar refractivity (Wildman–Crippen MR) is 81.7 cm³/mol. The van der Waals surface area contributed by atoms with Crippen LogP contribution in [0.2, 0.25) is 0 Å². The normalized spacial score (nSPS) is 21.2. The SMILES string of the molecule is S=C(NC[C@@H]1CCCO1)Nc1ccc2c(c1)CCC2. The van der Waals surface area contributed by atoms with Gasteiger partial charge < -0.3 is 15.4 Å². The second-order valence-electron chi connectivity index (χ2n) is 5.31. The Hall–Kier alpha value is -1.13.